The molecule has 0 aromatic rings. The molecule has 90 valence electrons. The Morgan fingerprint density at radius 2 is 2.00 bits per heavy atom. The number of nitrogens with two attached hydrogens (primary N) is 1. The van der Waals surface area contributed by atoms with Gasteiger partial charge in [0.05, 0.1) is 12.6 Å². The zero-order chi connectivity index (χ0) is 12.1. The molecule has 3 N–H and O–H groups in total. The summed E-state index contributed by atoms with van der Waals surface area (Å²) in [7, 11) is 1.65. The molecule has 0 bridgehead atoms. The van der Waals surface area contributed by atoms with E-state index in [1.54, 1.807) is 7.11 Å². The Morgan fingerprint density at radius 3 is 2.40 bits per heavy atom. The first-order valence-electron chi connectivity index (χ1n) is 5.31. The minimum absolute atomic E-state index is 0.0922. The summed E-state index contributed by atoms with van der Waals surface area (Å²) in [6, 6.07) is -0.466. The minimum atomic E-state index is -0.466. The monoisotopic (exact) mass is 216 g/mol. The molecule has 0 aliphatic rings. The summed E-state index contributed by atoms with van der Waals surface area (Å²) in [6.07, 6.45) is 0. The van der Waals surface area contributed by atoms with Gasteiger partial charge in [-0.3, -0.25) is 4.79 Å². The Bertz CT molecular complexity index is 199. The first-order chi connectivity index (χ1) is 6.79. The number of ether oxygens (including phenoxy) is 1. The third-order valence-corrected chi connectivity index (χ3v) is 2.29. The Labute approximate surface area is 92.6 Å². The lowest BCUT2D eigenvalue weighted by atomic mass is 9.87. The summed E-state index contributed by atoms with van der Waals surface area (Å²) in [5.41, 5.74) is 5.61. The highest BCUT2D eigenvalue weighted by Gasteiger charge is 2.27. The summed E-state index contributed by atoms with van der Waals surface area (Å²) in [6.45, 7) is 9.13. The normalized spacial score (nSPS) is 15.9. The van der Waals surface area contributed by atoms with Crippen LogP contribution in [0, 0.1) is 11.3 Å². The summed E-state index contributed by atoms with van der Waals surface area (Å²) < 4.78 is 4.98. The molecule has 0 aliphatic heterocycles. The van der Waals surface area contributed by atoms with Crippen molar-refractivity contribution in [2.45, 2.75) is 33.7 Å². The van der Waals surface area contributed by atoms with Crippen molar-refractivity contribution in [2.24, 2.45) is 17.1 Å². The van der Waals surface area contributed by atoms with Crippen LogP contribution in [0.25, 0.3) is 0 Å². The highest BCUT2D eigenvalue weighted by atomic mass is 16.5. The number of rotatable bonds is 5. The molecule has 1 amide bonds. The standard InChI is InChI=1S/C11H24N2O2/c1-8(7-15-5)6-13-10(14)9(12)11(2,3)4/h8-9H,6-7,12H2,1-5H3,(H,13,14)/t8?,9-/m1/s1. The molecule has 4 nitrogen and oxygen atoms in total. The number of carbonyl (C=O) groups is 1. The van der Waals surface area contributed by atoms with Gasteiger partial charge in [-0.2, -0.15) is 0 Å². The molecule has 0 fully saturated rings. The van der Waals surface area contributed by atoms with Crippen LogP contribution in [0.5, 0.6) is 0 Å². The van der Waals surface area contributed by atoms with Crippen LogP contribution < -0.4 is 11.1 Å². The molecule has 0 heterocycles. The van der Waals surface area contributed by atoms with Crippen LogP contribution in [0.4, 0.5) is 0 Å². The third kappa shape index (κ3) is 5.74. The topological polar surface area (TPSA) is 64.3 Å². The van der Waals surface area contributed by atoms with Crippen LogP contribution in [0.1, 0.15) is 27.7 Å². The Hall–Kier alpha value is -0.610. The average Bonchev–Trinajstić information content (AvgIpc) is 2.12. The number of methoxy groups -OCH3 is 1. The van der Waals surface area contributed by atoms with Gasteiger partial charge >= 0.3 is 0 Å². The second kappa shape index (κ2) is 6.08. The van der Waals surface area contributed by atoms with E-state index >= 15 is 0 Å². The molecular weight excluding hydrogens is 192 g/mol. The van der Waals surface area contributed by atoms with Crippen LogP contribution in [0.15, 0.2) is 0 Å². The van der Waals surface area contributed by atoms with Gasteiger partial charge in [0.15, 0.2) is 0 Å². The number of hydrogen-bond acceptors (Lipinski definition) is 3. The number of amides is 1. The molecule has 15 heavy (non-hydrogen) atoms. The fourth-order valence-electron chi connectivity index (χ4n) is 1.12. The maximum Gasteiger partial charge on any atom is 0.237 e. The zero-order valence-corrected chi connectivity index (χ0v) is 10.5. The highest BCUT2D eigenvalue weighted by Crippen LogP contribution is 2.17. The summed E-state index contributed by atoms with van der Waals surface area (Å²) in [4.78, 5) is 11.6. The first-order valence-corrected chi connectivity index (χ1v) is 5.31. The van der Waals surface area contributed by atoms with E-state index in [2.05, 4.69) is 5.32 Å². The number of nitrogens with one attached hydrogen (secondary N) is 1. The fourth-order valence-corrected chi connectivity index (χ4v) is 1.12. The minimum Gasteiger partial charge on any atom is -0.384 e. The molecule has 0 radical (unpaired) electrons. The number of carbonyl (C=O) groups excluding carboxylic acids is 1. The molecule has 0 aromatic carbocycles. The van der Waals surface area contributed by atoms with Gasteiger partial charge in [0.1, 0.15) is 0 Å². The van der Waals surface area contributed by atoms with E-state index < -0.39 is 6.04 Å². The summed E-state index contributed by atoms with van der Waals surface area (Å²) in [5.74, 6) is 0.219. The van der Waals surface area contributed by atoms with E-state index in [1.165, 1.54) is 0 Å². The average molecular weight is 216 g/mol. The quantitative estimate of drug-likeness (QED) is 0.713. The van der Waals surface area contributed by atoms with Crippen LogP contribution in [-0.4, -0.2) is 32.2 Å². The van der Waals surface area contributed by atoms with Gasteiger partial charge in [0.2, 0.25) is 5.91 Å². The molecule has 1 unspecified atom stereocenters. The van der Waals surface area contributed by atoms with Crippen molar-refractivity contribution in [1.29, 1.82) is 0 Å². The maximum absolute atomic E-state index is 11.6. The van der Waals surface area contributed by atoms with E-state index in [-0.39, 0.29) is 11.3 Å². The van der Waals surface area contributed by atoms with Crippen LogP contribution in [0.2, 0.25) is 0 Å². The summed E-state index contributed by atoms with van der Waals surface area (Å²) in [5, 5.41) is 2.83. The largest absolute Gasteiger partial charge is 0.384 e. The zero-order valence-electron chi connectivity index (χ0n) is 10.5. The lowest BCUT2D eigenvalue weighted by molar-refractivity contribution is -0.124. The molecule has 2 atom stereocenters. The van der Waals surface area contributed by atoms with Gasteiger partial charge in [0, 0.05) is 13.7 Å². The molecule has 0 rings (SSSR count). The molecule has 0 aliphatic carbocycles. The van der Waals surface area contributed by atoms with Crippen LogP contribution >= 0.6 is 0 Å². The fraction of sp³-hybridized carbons (Fsp3) is 0.909. The second-order valence-corrected chi connectivity index (χ2v) is 5.15. The van der Waals surface area contributed by atoms with Gasteiger partial charge < -0.3 is 15.8 Å². The molecule has 0 saturated heterocycles. The predicted octanol–water partition coefficient (Wildman–Crippen LogP) is 0.759. The van der Waals surface area contributed by atoms with Gasteiger partial charge in [0.25, 0.3) is 0 Å². The highest BCUT2D eigenvalue weighted by molar-refractivity contribution is 5.82. The smallest absolute Gasteiger partial charge is 0.237 e. The summed E-state index contributed by atoms with van der Waals surface area (Å²) >= 11 is 0. The molecule has 0 spiro atoms. The van der Waals surface area contributed by atoms with E-state index in [0.29, 0.717) is 19.1 Å². The van der Waals surface area contributed by atoms with Crippen LogP contribution in [0.3, 0.4) is 0 Å². The first kappa shape index (κ1) is 14.4. The van der Waals surface area contributed by atoms with Crippen molar-refractivity contribution in [3.05, 3.63) is 0 Å². The van der Waals surface area contributed by atoms with E-state index in [4.69, 9.17) is 10.5 Å². The lowest BCUT2D eigenvalue weighted by Crippen LogP contribution is -2.49. The molecular formula is C11H24N2O2. The van der Waals surface area contributed by atoms with Crippen molar-refractivity contribution < 1.29 is 9.53 Å². The Morgan fingerprint density at radius 1 is 1.47 bits per heavy atom. The van der Waals surface area contributed by atoms with E-state index in [9.17, 15) is 4.79 Å². The van der Waals surface area contributed by atoms with Crippen molar-refractivity contribution in [2.75, 3.05) is 20.3 Å². The Balaban J connectivity index is 3.94. The van der Waals surface area contributed by atoms with E-state index in [1.807, 2.05) is 27.7 Å². The van der Waals surface area contributed by atoms with Gasteiger partial charge in [-0.15, -0.1) is 0 Å². The predicted molar refractivity (Wildman–Crippen MR) is 61.5 cm³/mol. The Kier molecular flexibility index (Phi) is 5.83. The van der Waals surface area contributed by atoms with Gasteiger partial charge in [-0.05, 0) is 11.3 Å². The lowest BCUT2D eigenvalue weighted by Gasteiger charge is -2.26. The maximum atomic E-state index is 11.6. The van der Waals surface area contributed by atoms with Gasteiger partial charge in [-0.1, -0.05) is 27.7 Å². The molecule has 0 aromatic heterocycles. The van der Waals surface area contributed by atoms with Crippen LogP contribution in [-0.2, 0) is 9.53 Å². The van der Waals surface area contributed by atoms with E-state index in [0.717, 1.165) is 0 Å². The van der Waals surface area contributed by atoms with Gasteiger partial charge in [-0.25, -0.2) is 0 Å². The van der Waals surface area contributed by atoms with Crippen molar-refractivity contribution in [3.8, 4) is 0 Å². The van der Waals surface area contributed by atoms with Crippen molar-refractivity contribution >= 4 is 5.91 Å². The SMILES string of the molecule is COCC(C)CNC(=O)[C@@H](N)C(C)(C)C. The number of hydrogen-bond donors (Lipinski definition) is 2. The van der Waals surface area contributed by atoms with Crippen molar-refractivity contribution in [3.63, 3.8) is 0 Å². The van der Waals surface area contributed by atoms with Crippen molar-refractivity contribution in [1.82, 2.24) is 5.32 Å². The molecule has 4 heteroatoms. The third-order valence-electron chi connectivity index (χ3n) is 2.29. The second-order valence-electron chi connectivity index (χ2n) is 5.15. The molecule has 0 saturated carbocycles.